The van der Waals surface area contributed by atoms with Crippen molar-refractivity contribution in [3.05, 3.63) is 40.3 Å². The molecule has 1 unspecified atom stereocenters. The van der Waals surface area contributed by atoms with Crippen LogP contribution in [0.15, 0.2) is 29.2 Å². The SMILES string of the molecule is Cc1cnc(N2CCN(C(C)c3ccsc3)CC2)nc1. The average molecular weight is 288 g/mol. The van der Waals surface area contributed by atoms with Gasteiger partial charge in [0, 0.05) is 44.6 Å². The number of hydrogen-bond acceptors (Lipinski definition) is 5. The van der Waals surface area contributed by atoms with E-state index < -0.39 is 0 Å². The van der Waals surface area contributed by atoms with Gasteiger partial charge < -0.3 is 4.90 Å². The zero-order chi connectivity index (χ0) is 13.9. The van der Waals surface area contributed by atoms with E-state index in [4.69, 9.17) is 0 Å². The Kier molecular flexibility index (Phi) is 3.98. The lowest BCUT2D eigenvalue weighted by Gasteiger charge is -2.37. The molecule has 1 aliphatic heterocycles. The van der Waals surface area contributed by atoms with Crippen LogP contribution < -0.4 is 4.90 Å². The van der Waals surface area contributed by atoms with Crippen LogP contribution in [0.5, 0.6) is 0 Å². The standard InChI is InChI=1S/C15H20N4S/c1-12-9-16-15(17-10-12)19-6-4-18(5-7-19)13(2)14-3-8-20-11-14/h3,8-11,13H,4-7H2,1-2H3. The fourth-order valence-electron chi connectivity index (χ4n) is 2.58. The van der Waals surface area contributed by atoms with E-state index in [0.29, 0.717) is 6.04 Å². The second-order valence-electron chi connectivity index (χ2n) is 5.32. The first kappa shape index (κ1) is 13.5. The molecule has 2 aromatic rings. The van der Waals surface area contributed by atoms with Crippen LogP contribution in [0.2, 0.25) is 0 Å². The number of rotatable bonds is 3. The molecule has 1 fully saturated rings. The maximum Gasteiger partial charge on any atom is 0.225 e. The monoisotopic (exact) mass is 288 g/mol. The number of anilines is 1. The van der Waals surface area contributed by atoms with Gasteiger partial charge in [-0.1, -0.05) is 0 Å². The highest BCUT2D eigenvalue weighted by Gasteiger charge is 2.23. The topological polar surface area (TPSA) is 32.3 Å². The predicted octanol–water partition coefficient (Wildman–Crippen LogP) is 2.73. The predicted molar refractivity (Wildman–Crippen MR) is 83.3 cm³/mol. The maximum atomic E-state index is 4.42. The van der Waals surface area contributed by atoms with E-state index in [-0.39, 0.29) is 0 Å². The summed E-state index contributed by atoms with van der Waals surface area (Å²) in [5.74, 6) is 0.860. The molecule has 20 heavy (non-hydrogen) atoms. The van der Waals surface area contributed by atoms with E-state index in [1.165, 1.54) is 5.56 Å². The van der Waals surface area contributed by atoms with Crippen LogP contribution in [0.25, 0.3) is 0 Å². The molecule has 5 heteroatoms. The third-order valence-corrected chi connectivity index (χ3v) is 4.64. The fourth-order valence-corrected chi connectivity index (χ4v) is 3.33. The molecule has 0 amide bonds. The number of hydrogen-bond donors (Lipinski definition) is 0. The molecule has 3 heterocycles. The molecule has 1 aliphatic rings. The lowest BCUT2D eigenvalue weighted by atomic mass is 10.1. The Morgan fingerprint density at radius 2 is 1.85 bits per heavy atom. The molecule has 0 bridgehead atoms. The van der Waals surface area contributed by atoms with Crippen LogP contribution in [0.3, 0.4) is 0 Å². The van der Waals surface area contributed by atoms with Gasteiger partial charge in [-0.3, -0.25) is 4.90 Å². The molecule has 0 aromatic carbocycles. The van der Waals surface area contributed by atoms with E-state index in [2.05, 4.69) is 43.5 Å². The first-order chi connectivity index (χ1) is 9.74. The molecule has 106 valence electrons. The lowest BCUT2D eigenvalue weighted by Crippen LogP contribution is -2.47. The van der Waals surface area contributed by atoms with Crippen LogP contribution in [0.1, 0.15) is 24.1 Å². The summed E-state index contributed by atoms with van der Waals surface area (Å²) in [5.41, 5.74) is 2.54. The zero-order valence-electron chi connectivity index (χ0n) is 12.0. The van der Waals surface area contributed by atoms with Gasteiger partial charge in [-0.25, -0.2) is 9.97 Å². The summed E-state index contributed by atoms with van der Waals surface area (Å²) in [7, 11) is 0. The highest BCUT2D eigenvalue weighted by Crippen LogP contribution is 2.24. The summed E-state index contributed by atoms with van der Waals surface area (Å²) in [6.07, 6.45) is 3.78. The van der Waals surface area contributed by atoms with Gasteiger partial charge in [0.2, 0.25) is 5.95 Å². The Balaban J connectivity index is 1.60. The minimum absolute atomic E-state index is 0.502. The number of piperazine rings is 1. The highest BCUT2D eigenvalue weighted by molar-refractivity contribution is 7.07. The van der Waals surface area contributed by atoms with Gasteiger partial charge in [0.05, 0.1) is 0 Å². The Morgan fingerprint density at radius 1 is 1.15 bits per heavy atom. The van der Waals surface area contributed by atoms with Gasteiger partial charge in [-0.2, -0.15) is 11.3 Å². The van der Waals surface area contributed by atoms with Gasteiger partial charge in [0.15, 0.2) is 0 Å². The molecule has 0 saturated carbocycles. The normalized spacial score (nSPS) is 18.2. The molecular weight excluding hydrogens is 268 g/mol. The van der Waals surface area contributed by atoms with Gasteiger partial charge >= 0.3 is 0 Å². The lowest BCUT2D eigenvalue weighted by molar-refractivity contribution is 0.198. The van der Waals surface area contributed by atoms with E-state index in [1.807, 2.05) is 19.3 Å². The smallest absolute Gasteiger partial charge is 0.225 e. The van der Waals surface area contributed by atoms with Gasteiger partial charge in [-0.15, -0.1) is 0 Å². The summed E-state index contributed by atoms with van der Waals surface area (Å²) in [6.45, 7) is 8.43. The minimum Gasteiger partial charge on any atom is -0.338 e. The van der Waals surface area contributed by atoms with Crippen molar-refractivity contribution in [1.29, 1.82) is 0 Å². The van der Waals surface area contributed by atoms with Crippen molar-refractivity contribution in [2.75, 3.05) is 31.1 Å². The van der Waals surface area contributed by atoms with Crippen molar-refractivity contribution in [3.8, 4) is 0 Å². The maximum absolute atomic E-state index is 4.42. The van der Waals surface area contributed by atoms with Crippen molar-refractivity contribution in [2.24, 2.45) is 0 Å². The largest absolute Gasteiger partial charge is 0.338 e. The number of nitrogens with zero attached hydrogens (tertiary/aromatic N) is 4. The molecule has 0 N–H and O–H groups in total. The van der Waals surface area contributed by atoms with E-state index >= 15 is 0 Å². The first-order valence-corrected chi connectivity index (χ1v) is 7.98. The van der Waals surface area contributed by atoms with Crippen LogP contribution in [0, 0.1) is 6.92 Å². The van der Waals surface area contributed by atoms with E-state index in [1.54, 1.807) is 11.3 Å². The summed E-state index contributed by atoms with van der Waals surface area (Å²) in [6, 6.07) is 2.73. The van der Waals surface area contributed by atoms with Crippen LogP contribution in [0.4, 0.5) is 5.95 Å². The molecule has 0 radical (unpaired) electrons. The van der Waals surface area contributed by atoms with Crippen molar-refractivity contribution in [1.82, 2.24) is 14.9 Å². The summed E-state index contributed by atoms with van der Waals surface area (Å²) >= 11 is 1.77. The second-order valence-corrected chi connectivity index (χ2v) is 6.10. The minimum atomic E-state index is 0.502. The molecule has 3 rings (SSSR count). The van der Waals surface area contributed by atoms with Crippen LogP contribution in [-0.4, -0.2) is 41.0 Å². The Bertz CT molecular complexity index is 530. The van der Waals surface area contributed by atoms with Crippen molar-refractivity contribution in [3.63, 3.8) is 0 Å². The molecule has 0 aliphatic carbocycles. The molecule has 2 aromatic heterocycles. The number of thiophene rings is 1. The van der Waals surface area contributed by atoms with Gasteiger partial charge in [0.1, 0.15) is 0 Å². The first-order valence-electron chi connectivity index (χ1n) is 7.04. The summed E-state index contributed by atoms with van der Waals surface area (Å²) in [4.78, 5) is 13.6. The van der Waals surface area contributed by atoms with Crippen LogP contribution >= 0.6 is 11.3 Å². The average Bonchev–Trinajstić information content (AvgIpc) is 3.02. The molecule has 1 saturated heterocycles. The molecule has 0 spiro atoms. The summed E-state index contributed by atoms with van der Waals surface area (Å²) in [5, 5.41) is 4.41. The van der Waals surface area contributed by atoms with Gasteiger partial charge in [0.25, 0.3) is 0 Å². The van der Waals surface area contributed by atoms with E-state index in [9.17, 15) is 0 Å². The van der Waals surface area contributed by atoms with Crippen molar-refractivity contribution in [2.45, 2.75) is 19.9 Å². The third-order valence-electron chi connectivity index (χ3n) is 3.94. The van der Waals surface area contributed by atoms with Gasteiger partial charge in [-0.05, 0) is 41.8 Å². The number of aromatic nitrogens is 2. The Labute approximate surface area is 124 Å². The summed E-state index contributed by atoms with van der Waals surface area (Å²) < 4.78 is 0. The third kappa shape index (κ3) is 2.83. The second kappa shape index (κ2) is 5.89. The highest BCUT2D eigenvalue weighted by atomic mass is 32.1. The zero-order valence-corrected chi connectivity index (χ0v) is 12.8. The van der Waals surface area contributed by atoms with Crippen LogP contribution in [-0.2, 0) is 0 Å². The molecular formula is C15H20N4S. The van der Waals surface area contributed by atoms with Crippen molar-refractivity contribution < 1.29 is 0 Å². The van der Waals surface area contributed by atoms with Crippen molar-refractivity contribution >= 4 is 17.3 Å². The molecule has 4 nitrogen and oxygen atoms in total. The fraction of sp³-hybridized carbons (Fsp3) is 0.467. The Morgan fingerprint density at radius 3 is 2.45 bits per heavy atom. The Hall–Kier alpha value is -1.46. The number of aryl methyl sites for hydroxylation is 1. The molecule has 1 atom stereocenters. The van der Waals surface area contributed by atoms with E-state index in [0.717, 1.165) is 37.7 Å². The quantitative estimate of drug-likeness (QED) is 0.869.